The number of aromatic nitrogens is 3. The van der Waals surface area contributed by atoms with E-state index in [0.717, 1.165) is 18.2 Å². The van der Waals surface area contributed by atoms with Crippen LogP contribution < -0.4 is 5.73 Å². The molecule has 126 valence electrons. The number of halogens is 3. The molecule has 3 N–H and O–H groups in total. The number of amidine groups is 1. The zero-order chi connectivity index (χ0) is 18.0. The van der Waals surface area contributed by atoms with Crippen LogP contribution in [-0.2, 0) is 5.41 Å². The Hall–Kier alpha value is -3.29. The number of nitrogens with two attached hydrogens (primary N) is 1. The number of nitrogens with one attached hydrogen (secondary N) is 1. The van der Waals surface area contributed by atoms with Crippen LogP contribution in [0.25, 0.3) is 0 Å². The molecule has 0 aliphatic carbocycles. The maximum Gasteiger partial charge on any atom is 0.213 e. The summed E-state index contributed by atoms with van der Waals surface area (Å²) in [6, 6.07) is 11.6. The van der Waals surface area contributed by atoms with Gasteiger partial charge in [-0.25, -0.2) is 15.0 Å². The highest BCUT2D eigenvalue weighted by atomic mass is 19.1. The van der Waals surface area contributed by atoms with Gasteiger partial charge < -0.3 is 5.73 Å². The molecule has 5 nitrogen and oxygen atoms in total. The normalized spacial score (nSPS) is 11.3. The predicted octanol–water partition coefficient (Wildman–Crippen LogP) is 2.56. The Bertz CT molecular complexity index is 834. The van der Waals surface area contributed by atoms with Crippen LogP contribution in [0.4, 0.5) is 13.2 Å². The summed E-state index contributed by atoms with van der Waals surface area (Å²) < 4.78 is 41.2. The van der Waals surface area contributed by atoms with Crippen LogP contribution in [0.2, 0.25) is 0 Å². The zero-order valence-electron chi connectivity index (χ0n) is 12.7. The average molecular weight is 343 g/mol. The minimum atomic E-state index is -1.84. The highest BCUT2D eigenvalue weighted by Gasteiger charge is 2.45. The molecule has 0 aliphatic rings. The highest BCUT2D eigenvalue weighted by molar-refractivity contribution is 5.95. The van der Waals surface area contributed by atoms with Gasteiger partial charge in [0.15, 0.2) is 5.41 Å². The second-order valence-corrected chi connectivity index (χ2v) is 5.20. The second-order valence-electron chi connectivity index (χ2n) is 5.20. The third-order valence-electron chi connectivity index (χ3n) is 3.70. The Morgan fingerprint density at radius 1 is 0.720 bits per heavy atom. The molecule has 0 unspecified atom stereocenters. The lowest BCUT2D eigenvalue weighted by atomic mass is 9.75. The van der Waals surface area contributed by atoms with Gasteiger partial charge in [0, 0.05) is 0 Å². The molecular weight excluding hydrogens is 331 g/mol. The Labute approximate surface area is 140 Å². The molecule has 0 fully saturated rings. The number of nitrogens with zero attached hydrogens (tertiary/aromatic N) is 3. The summed E-state index contributed by atoms with van der Waals surface area (Å²) in [6.07, 6.45) is 0. The van der Waals surface area contributed by atoms with E-state index in [-0.39, 0.29) is 17.1 Å². The highest BCUT2D eigenvalue weighted by Crippen LogP contribution is 2.36. The van der Waals surface area contributed by atoms with Crippen molar-refractivity contribution in [3.8, 4) is 0 Å². The van der Waals surface area contributed by atoms with Crippen molar-refractivity contribution in [1.82, 2.24) is 15.0 Å². The first-order chi connectivity index (χ1) is 11.9. The molecule has 0 aliphatic heterocycles. The van der Waals surface area contributed by atoms with Crippen LogP contribution in [-0.4, -0.2) is 20.8 Å². The van der Waals surface area contributed by atoms with Gasteiger partial charge in [-0.3, -0.25) is 5.41 Å². The molecule has 0 spiro atoms. The molecule has 0 aromatic carbocycles. The molecule has 3 rings (SSSR count). The van der Waals surface area contributed by atoms with Gasteiger partial charge in [-0.2, -0.15) is 13.2 Å². The molecule has 0 saturated carbocycles. The molecule has 0 bridgehead atoms. The van der Waals surface area contributed by atoms with Crippen LogP contribution in [0.5, 0.6) is 0 Å². The van der Waals surface area contributed by atoms with Crippen LogP contribution >= 0.6 is 0 Å². The smallest absolute Gasteiger partial charge is 0.213 e. The SMILES string of the molecule is N=C(N)C(c1cccc(F)n1)(c1cccc(F)n1)c1cccc(F)n1. The molecular formula is C17H12F3N5. The maximum absolute atomic E-state index is 13.7. The van der Waals surface area contributed by atoms with Crippen molar-refractivity contribution in [2.45, 2.75) is 5.41 Å². The Balaban J connectivity index is 2.43. The van der Waals surface area contributed by atoms with E-state index < -0.39 is 29.1 Å². The van der Waals surface area contributed by atoms with E-state index in [0.29, 0.717) is 0 Å². The molecule has 3 heterocycles. The van der Waals surface area contributed by atoms with Gasteiger partial charge in [0.25, 0.3) is 0 Å². The number of hydrogen-bond donors (Lipinski definition) is 2. The van der Waals surface area contributed by atoms with Gasteiger partial charge in [0.1, 0.15) is 5.84 Å². The summed E-state index contributed by atoms with van der Waals surface area (Å²) in [5, 5.41) is 8.11. The first kappa shape index (κ1) is 16.6. The zero-order valence-corrected chi connectivity index (χ0v) is 12.7. The van der Waals surface area contributed by atoms with Crippen LogP contribution in [0.3, 0.4) is 0 Å². The summed E-state index contributed by atoms with van der Waals surface area (Å²) >= 11 is 0. The van der Waals surface area contributed by atoms with Crippen molar-refractivity contribution in [2.24, 2.45) is 5.73 Å². The monoisotopic (exact) mass is 343 g/mol. The fraction of sp³-hybridized carbons (Fsp3) is 0.0588. The Morgan fingerprint density at radius 3 is 1.28 bits per heavy atom. The Kier molecular flexibility index (Phi) is 4.18. The summed E-state index contributed by atoms with van der Waals surface area (Å²) in [5.74, 6) is -3.07. The second kappa shape index (κ2) is 6.31. The molecule has 8 heteroatoms. The third kappa shape index (κ3) is 2.82. The summed E-state index contributed by atoms with van der Waals surface area (Å²) in [4.78, 5) is 11.3. The van der Waals surface area contributed by atoms with E-state index in [9.17, 15) is 13.2 Å². The van der Waals surface area contributed by atoms with E-state index in [1.807, 2.05) is 0 Å². The number of pyridine rings is 3. The molecule has 0 amide bonds. The van der Waals surface area contributed by atoms with E-state index in [1.165, 1.54) is 36.4 Å². The van der Waals surface area contributed by atoms with Crippen molar-refractivity contribution in [3.05, 3.63) is 89.5 Å². The van der Waals surface area contributed by atoms with Crippen molar-refractivity contribution in [2.75, 3.05) is 0 Å². The largest absolute Gasteiger partial charge is 0.386 e. The van der Waals surface area contributed by atoms with Crippen molar-refractivity contribution in [1.29, 1.82) is 5.41 Å². The lowest BCUT2D eigenvalue weighted by molar-refractivity contribution is 0.540. The van der Waals surface area contributed by atoms with E-state index in [4.69, 9.17) is 11.1 Å². The van der Waals surface area contributed by atoms with Crippen LogP contribution in [0.15, 0.2) is 54.6 Å². The summed E-state index contributed by atoms with van der Waals surface area (Å²) in [7, 11) is 0. The summed E-state index contributed by atoms with van der Waals surface area (Å²) in [6.45, 7) is 0. The summed E-state index contributed by atoms with van der Waals surface area (Å²) in [5.41, 5.74) is 3.80. The standard InChI is InChI=1S/C17H12F3N5/c18-13-7-1-4-10(23-13)17(16(21)22,11-5-2-8-14(19)24-11)12-6-3-9-15(20)25-12/h1-9H,(H3,21,22). The lowest BCUT2D eigenvalue weighted by Crippen LogP contribution is -2.45. The van der Waals surface area contributed by atoms with Crippen molar-refractivity contribution in [3.63, 3.8) is 0 Å². The van der Waals surface area contributed by atoms with Gasteiger partial charge in [0.2, 0.25) is 17.8 Å². The molecule has 25 heavy (non-hydrogen) atoms. The van der Waals surface area contributed by atoms with Gasteiger partial charge >= 0.3 is 0 Å². The first-order valence-corrected chi connectivity index (χ1v) is 7.18. The average Bonchev–Trinajstić information content (AvgIpc) is 2.55. The number of hydrogen-bond acceptors (Lipinski definition) is 4. The maximum atomic E-state index is 13.7. The Morgan fingerprint density at radius 2 is 1.04 bits per heavy atom. The topological polar surface area (TPSA) is 88.5 Å². The molecule has 3 aromatic rings. The predicted molar refractivity (Wildman–Crippen MR) is 84.4 cm³/mol. The molecule has 0 saturated heterocycles. The van der Waals surface area contributed by atoms with Gasteiger partial charge in [0.05, 0.1) is 17.1 Å². The third-order valence-corrected chi connectivity index (χ3v) is 3.70. The van der Waals surface area contributed by atoms with Crippen molar-refractivity contribution < 1.29 is 13.2 Å². The van der Waals surface area contributed by atoms with Crippen LogP contribution in [0.1, 0.15) is 17.1 Å². The van der Waals surface area contributed by atoms with E-state index >= 15 is 0 Å². The molecule has 0 atom stereocenters. The molecule has 3 aromatic heterocycles. The number of rotatable bonds is 4. The van der Waals surface area contributed by atoms with E-state index in [1.54, 1.807) is 0 Å². The fourth-order valence-corrected chi connectivity index (χ4v) is 2.66. The van der Waals surface area contributed by atoms with Crippen molar-refractivity contribution >= 4 is 5.84 Å². The first-order valence-electron chi connectivity index (χ1n) is 7.18. The molecule has 0 radical (unpaired) electrons. The van der Waals surface area contributed by atoms with Gasteiger partial charge in [-0.15, -0.1) is 0 Å². The quantitative estimate of drug-likeness (QED) is 0.433. The van der Waals surface area contributed by atoms with E-state index in [2.05, 4.69) is 15.0 Å². The van der Waals surface area contributed by atoms with Crippen LogP contribution in [0, 0.1) is 23.3 Å². The minimum Gasteiger partial charge on any atom is -0.386 e. The minimum absolute atomic E-state index is 0.0591. The lowest BCUT2D eigenvalue weighted by Gasteiger charge is -2.31. The van der Waals surface area contributed by atoms with Gasteiger partial charge in [-0.05, 0) is 36.4 Å². The van der Waals surface area contributed by atoms with Gasteiger partial charge in [-0.1, -0.05) is 18.2 Å². The fourth-order valence-electron chi connectivity index (χ4n) is 2.66.